The summed E-state index contributed by atoms with van der Waals surface area (Å²) in [5, 5.41) is 0.00321. The maximum absolute atomic E-state index is 15.0. The number of halogens is 3. The van der Waals surface area contributed by atoms with Crippen LogP contribution in [0.3, 0.4) is 0 Å². The lowest BCUT2D eigenvalue weighted by Gasteiger charge is -2.34. The molecule has 8 nitrogen and oxygen atoms in total. The van der Waals surface area contributed by atoms with Crippen LogP contribution in [0.25, 0.3) is 0 Å². The molecule has 3 heterocycles. The van der Waals surface area contributed by atoms with Crippen LogP contribution >= 0.6 is 11.8 Å². The van der Waals surface area contributed by atoms with Gasteiger partial charge in [-0.05, 0) is 38.0 Å². The van der Waals surface area contributed by atoms with E-state index in [-0.39, 0.29) is 47.5 Å². The molecule has 1 saturated carbocycles. The summed E-state index contributed by atoms with van der Waals surface area (Å²) >= 11 is 0.858. The minimum atomic E-state index is -2.61. The number of rotatable bonds is 8. The van der Waals surface area contributed by atoms with Gasteiger partial charge in [0.1, 0.15) is 17.8 Å². The van der Waals surface area contributed by atoms with Gasteiger partial charge in [-0.15, -0.1) is 0 Å². The number of fused-ring (bicyclic) bond motifs is 1. The van der Waals surface area contributed by atoms with Crippen molar-refractivity contribution in [3.63, 3.8) is 0 Å². The van der Waals surface area contributed by atoms with Crippen molar-refractivity contribution in [2.45, 2.75) is 50.0 Å². The van der Waals surface area contributed by atoms with Gasteiger partial charge in [-0.2, -0.15) is 0 Å². The number of aromatic nitrogens is 3. The van der Waals surface area contributed by atoms with E-state index in [1.54, 1.807) is 13.8 Å². The number of ketones is 1. The zero-order valence-electron chi connectivity index (χ0n) is 19.4. The van der Waals surface area contributed by atoms with Crippen LogP contribution in [-0.4, -0.2) is 37.1 Å². The van der Waals surface area contributed by atoms with Crippen LogP contribution in [0.15, 0.2) is 46.3 Å². The Morgan fingerprint density at radius 1 is 1.36 bits per heavy atom. The zero-order valence-corrected chi connectivity index (χ0v) is 20.2. The quantitative estimate of drug-likeness (QED) is 0.442. The first kappa shape index (κ1) is 24.3. The highest BCUT2D eigenvalue weighted by Crippen LogP contribution is 2.68. The topological polar surface area (TPSA) is 116 Å². The number of thioether (sulfide) groups is 1. The Kier molecular flexibility index (Phi) is 6.01. The third-order valence-electron chi connectivity index (χ3n) is 6.59. The molecule has 1 aliphatic heterocycles. The number of carbonyl (C=O) groups is 1. The summed E-state index contributed by atoms with van der Waals surface area (Å²) < 4.78 is 51.8. The van der Waals surface area contributed by atoms with Crippen LogP contribution in [0.1, 0.15) is 46.5 Å². The minimum absolute atomic E-state index is 0.00321. The first-order valence-corrected chi connectivity index (χ1v) is 11.9. The van der Waals surface area contributed by atoms with Crippen molar-refractivity contribution >= 4 is 22.7 Å². The fourth-order valence-electron chi connectivity index (χ4n) is 4.71. The molecule has 1 aliphatic carbocycles. The minimum Gasteiger partial charge on any atom is -0.467 e. The first-order valence-electron chi connectivity index (χ1n) is 11.1. The average Bonchev–Trinajstić information content (AvgIpc) is 3.36. The number of nitrogens with two attached hydrogens (primary N) is 1. The van der Waals surface area contributed by atoms with E-state index < -0.39 is 28.4 Å². The Bertz CT molecular complexity index is 1350. The van der Waals surface area contributed by atoms with Gasteiger partial charge in [0.25, 0.3) is 6.43 Å². The number of Topliss-reactive ketones (excluding diaryl/α,β-unsaturated/α-hetero) is 1. The largest absolute Gasteiger partial charge is 0.467 e. The van der Waals surface area contributed by atoms with Crippen LogP contribution in [0, 0.1) is 18.7 Å². The predicted molar refractivity (Wildman–Crippen MR) is 125 cm³/mol. The molecule has 1 aromatic carbocycles. The van der Waals surface area contributed by atoms with Crippen molar-refractivity contribution in [2.75, 3.05) is 0 Å². The summed E-state index contributed by atoms with van der Waals surface area (Å²) in [5.74, 6) is -0.917. The molecule has 0 unspecified atom stereocenters. The molecule has 188 valence electrons. The summed E-state index contributed by atoms with van der Waals surface area (Å²) in [6, 6.07) is 4.21. The second kappa shape index (κ2) is 8.91. The molecule has 2 N–H and O–H groups in total. The van der Waals surface area contributed by atoms with E-state index in [9.17, 15) is 18.0 Å². The van der Waals surface area contributed by atoms with Crippen molar-refractivity contribution in [3.8, 4) is 5.88 Å². The second-order valence-electron chi connectivity index (χ2n) is 8.98. The van der Waals surface area contributed by atoms with E-state index in [2.05, 4.69) is 19.9 Å². The monoisotopic (exact) mass is 517 g/mol. The van der Waals surface area contributed by atoms with Gasteiger partial charge in [-0.25, -0.2) is 28.1 Å². The van der Waals surface area contributed by atoms with E-state index in [4.69, 9.17) is 14.9 Å². The number of hydrogen-bond acceptors (Lipinski definition) is 9. The van der Waals surface area contributed by atoms with Crippen molar-refractivity contribution in [3.05, 3.63) is 71.1 Å². The molecular formula is C24H22F3N5O3S. The van der Waals surface area contributed by atoms with Gasteiger partial charge in [0.05, 0.1) is 28.4 Å². The van der Waals surface area contributed by atoms with Gasteiger partial charge in [0.15, 0.2) is 17.6 Å². The number of aryl methyl sites for hydroxylation is 1. The molecule has 3 aromatic rings. The number of nitrogens with zero attached hydrogens (tertiary/aromatic N) is 4. The highest BCUT2D eigenvalue weighted by atomic mass is 32.2. The van der Waals surface area contributed by atoms with Crippen LogP contribution < -0.4 is 10.5 Å². The number of hydrogen-bond donors (Lipinski definition) is 1. The fraction of sp³-hybridized carbons (Fsp3) is 0.375. The molecule has 36 heavy (non-hydrogen) atoms. The lowest BCUT2D eigenvalue weighted by molar-refractivity contribution is 0.0986. The molecule has 0 radical (unpaired) electrons. The molecule has 0 amide bonds. The van der Waals surface area contributed by atoms with Gasteiger partial charge in [0, 0.05) is 17.9 Å². The SMILES string of the molecule is Cc1nc(OCc2ncco2)cnc1C(=O)Cc1ccc(F)c([C@@]2(C)N=C(N)S[C@@]3(C(F)F)C[C@@H]23)c1. The number of amidine groups is 1. The van der Waals surface area contributed by atoms with E-state index in [0.29, 0.717) is 17.1 Å². The van der Waals surface area contributed by atoms with Gasteiger partial charge >= 0.3 is 0 Å². The molecule has 0 saturated heterocycles. The Morgan fingerprint density at radius 2 is 2.17 bits per heavy atom. The number of alkyl halides is 2. The van der Waals surface area contributed by atoms with Crippen LogP contribution in [0.4, 0.5) is 13.2 Å². The van der Waals surface area contributed by atoms with Crippen LogP contribution in [-0.2, 0) is 18.6 Å². The zero-order chi connectivity index (χ0) is 25.7. The smallest absolute Gasteiger partial charge is 0.253 e. The number of carbonyl (C=O) groups excluding carboxylic acids is 1. The lowest BCUT2D eigenvalue weighted by Crippen LogP contribution is -2.39. The molecule has 0 bridgehead atoms. The number of benzene rings is 1. The third-order valence-corrected chi connectivity index (χ3v) is 7.90. The van der Waals surface area contributed by atoms with Crippen LogP contribution in [0.2, 0.25) is 0 Å². The molecule has 2 aliphatic rings. The molecule has 12 heteroatoms. The molecule has 1 fully saturated rings. The van der Waals surface area contributed by atoms with Gasteiger partial charge < -0.3 is 14.9 Å². The van der Waals surface area contributed by atoms with Crippen molar-refractivity contribution < 1.29 is 27.1 Å². The molecule has 0 spiro atoms. The van der Waals surface area contributed by atoms with Gasteiger partial charge in [0.2, 0.25) is 11.8 Å². The summed E-state index contributed by atoms with van der Waals surface area (Å²) in [5.41, 5.74) is 5.77. The van der Waals surface area contributed by atoms with Gasteiger partial charge in [-0.3, -0.25) is 9.79 Å². The Morgan fingerprint density at radius 3 is 2.86 bits per heavy atom. The molecule has 5 rings (SSSR count). The Labute approximate surface area is 208 Å². The van der Waals surface area contributed by atoms with Crippen molar-refractivity contribution in [1.82, 2.24) is 15.0 Å². The maximum Gasteiger partial charge on any atom is 0.253 e. The summed E-state index contributed by atoms with van der Waals surface area (Å²) in [6.45, 7) is 3.30. The summed E-state index contributed by atoms with van der Waals surface area (Å²) in [4.78, 5) is 29.8. The second-order valence-corrected chi connectivity index (χ2v) is 10.4. The number of ether oxygens (including phenoxy) is 1. The highest BCUT2D eigenvalue weighted by molar-refractivity contribution is 8.15. The van der Waals surface area contributed by atoms with Crippen molar-refractivity contribution in [1.29, 1.82) is 0 Å². The third kappa shape index (κ3) is 4.23. The highest BCUT2D eigenvalue weighted by Gasteiger charge is 2.71. The Hall–Kier alpha value is -3.41. The average molecular weight is 518 g/mol. The van der Waals surface area contributed by atoms with Crippen molar-refractivity contribution in [2.24, 2.45) is 16.6 Å². The Balaban J connectivity index is 1.35. The molecule has 2 aromatic heterocycles. The number of aliphatic imine (C=N–C) groups is 1. The van der Waals surface area contributed by atoms with E-state index >= 15 is 0 Å². The fourth-order valence-corrected chi connectivity index (χ4v) is 6.04. The first-order chi connectivity index (χ1) is 17.1. The molecular weight excluding hydrogens is 495 g/mol. The normalized spacial score (nSPS) is 24.8. The van der Waals surface area contributed by atoms with E-state index in [1.165, 1.54) is 36.9 Å². The van der Waals surface area contributed by atoms with Gasteiger partial charge in [-0.1, -0.05) is 17.8 Å². The summed E-state index contributed by atoms with van der Waals surface area (Å²) in [6.07, 6.45) is 1.72. The predicted octanol–water partition coefficient (Wildman–Crippen LogP) is 4.22. The molecule has 3 atom stereocenters. The lowest BCUT2D eigenvalue weighted by atomic mass is 9.84. The van der Waals surface area contributed by atoms with E-state index in [1.807, 2.05) is 0 Å². The maximum atomic E-state index is 15.0. The summed E-state index contributed by atoms with van der Waals surface area (Å²) in [7, 11) is 0. The van der Waals surface area contributed by atoms with E-state index in [0.717, 1.165) is 11.8 Å². The number of oxazole rings is 1. The standard InChI is InChI=1S/C24H22F3N5O3S/c1-12-20(30-10-18(31-12)35-11-19-29-5-6-34-19)16(33)8-13-3-4-15(25)14(7-13)23(2)17-9-24(17,21(26)27)36-22(28)32-23/h3-7,10,17,21H,8-9,11H2,1-2H3,(H2,28,32)/t17-,23+,24-/m0/s1. The van der Waals surface area contributed by atoms with Crippen LogP contribution in [0.5, 0.6) is 5.88 Å².